The van der Waals surface area contributed by atoms with E-state index in [4.69, 9.17) is 4.74 Å². The second-order valence-corrected chi connectivity index (χ2v) is 8.72. The number of hydrogen-bond donors (Lipinski definition) is 1. The van der Waals surface area contributed by atoms with Crippen LogP contribution < -0.4 is 10.2 Å². The number of carbonyl (C=O) groups is 2. The van der Waals surface area contributed by atoms with Crippen LogP contribution in [0.2, 0.25) is 0 Å². The van der Waals surface area contributed by atoms with E-state index in [0.717, 1.165) is 26.1 Å². The molecule has 1 fully saturated rings. The van der Waals surface area contributed by atoms with Crippen LogP contribution in [0.4, 0.5) is 4.79 Å². The van der Waals surface area contributed by atoms with E-state index in [9.17, 15) is 9.59 Å². The highest BCUT2D eigenvalue weighted by atomic mass is 79.9. The Morgan fingerprint density at radius 1 is 1.21 bits per heavy atom. The highest BCUT2D eigenvalue weighted by Gasteiger charge is 2.51. The zero-order valence-corrected chi connectivity index (χ0v) is 20.3. The van der Waals surface area contributed by atoms with Crippen LogP contribution in [0.3, 0.4) is 0 Å². The van der Waals surface area contributed by atoms with Crippen LogP contribution in [0.5, 0.6) is 5.75 Å². The average molecular weight is 512 g/mol. The van der Waals surface area contributed by atoms with Gasteiger partial charge in [-0.25, -0.2) is 9.37 Å². The smallest absolute Gasteiger partial charge is 0.414 e. The Morgan fingerprint density at radius 3 is 2.73 bits per heavy atom. The van der Waals surface area contributed by atoms with E-state index in [1.807, 2.05) is 47.9 Å². The predicted molar refractivity (Wildman–Crippen MR) is 129 cm³/mol. The maximum atomic E-state index is 13.0. The summed E-state index contributed by atoms with van der Waals surface area (Å²) in [5.41, 5.74) is 5.84. The van der Waals surface area contributed by atoms with Gasteiger partial charge < -0.3 is 4.74 Å². The van der Waals surface area contributed by atoms with E-state index in [2.05, 4.69) is 37.5 Å². The first-order valence-corrected chi connectivity index (χ1v) is 11.0. The van der Waals surface area contributed by atoms with Crippen LogP contribution in [0.1, 0.15) is 16.7 Å². The van der Waals surface area contributed by atoms with E-state index in [-0.39, 0.29) is 5.91 Å². The van der Waals surface area contributed by atoms with Crippen molar-refractivity contribution in [1.82, 2.24) is 15.2 Å². The molecule has 2 aromatic rings. The van der Waals surface area contributed by atoms with Crippen LogP contribution in [0.15, 0.2) is 57.0 Å². The second kappa shape index (κ2) is 9.14. The van der Waals surface area contributed by atoms with Gasteiger partial charge in [0.15, 0.2) is 0 Å². The van der Waals surface area contributed by atoms with E-state index < -0.39 is 12.1 Å². The number of aliphatic imine (C=N–C) groups is 1. The Hall–Kier alpha value is -3.53. The number of amidine groups is 1. The number of guanidine groups is 1. The van der Waals surface area contributed by atoms with Gasteiger partial charge in [-0.05, 0) is 30.7 Å². The zero-order chi connectivity index (χ0) is 23.7. The van der Waals surface area contributed by atoms with Gasteiger partial charge in [-0.15, -0.1) is 5.10 Å². The van der Waals surface area contributed by atoms with Gasteiger partial charge in [0, 0.05) is 24.1 Å². The molecule has 1 saturated heterocycles. The zero-order valence-electron chi connectivity index (χ0n) is 18.7. The molecule has 33 heavy (non-hydrogen) atoms. The molecule has 0 aliphatic carbocycles. The minimum Gasteiger partial charge on any atom is -0.496 e. The van der Waals surface area contributed by atoms with Crippen molar-refractivity contribution in [2.45, 2.75) is 19.5 Å². The quantitative estimate of drug-likeness (QED) is 0.379. The molecular weight excluding hydrogens is 488 g/mol. The van der Waals surface area contributed by atoms with Crippen molar-refractivity contribution in [2.24, 2.45) is 10.1 Å². The van der Waals surface area contributed by atoms with Gasteiger partial charge in [-0.2, -0.15) is 5.43 Å². The molecule has 0 saturated carbocycles. The molecule has 4 rings (SSSR count). The van der Waals surface area contributed by atoms with E-state index >= 15 is 0 Å². The molecule has 1 unspecified atom stereocenters. The van der Waals surface area contributed by atoms with Gasteiger partial charge in [0.05, 0.1) is 19.9 Å². The number of amides is 3. The van der Waals surface area contributed by atoms with Crippen molar-refractivity contribution in [3.05, 3.63) is 63.6 Å². The topological polar surface area (TPSA) is 89.6 Å². The summed E-state index contributed by atoms with van der Waals surface area (Å²) in [5.74, 6) is 1.08. The Bertz CT molecular complexity index is 1220. The van der Waals surface area contributed by atoms with Gasteiger partial charge in [-0.3, -0.25) is 14.6 Å². The lowest BCUT2D eigenvalue weighted by Gasteiger charge is -2.31. The van der Waals surface area contributed by atoms with Crippen molar-refractivity contribution < 1.29 is 18.9 Å². The second-order valence-electron chi connectivity index (χ2n) is 7.81. The fourth-order valence-corrected chi connectivity index (χ4v) is 4.21. The number of likely N-dealkylation sites (N-methyl/N-ethyl adjacent to an activating group) is 2. The fraction of sp³-hybridized carbons (Fsp3) is 0.261. The molecule has 1 atom stereocenters. The van der Waals surface area contributed by atoms with Crippen LogP contribution in [0.25, 0.3) is 0 Å². The van der Waals surface area contributed by atoms with Crippen molar-refractivity contribution in [3.63, 3.8) is 0 Å². The molecule has 0 aromatic heterocycles. The number of aryl methyl sites for hydroxylation is 1. The van der Waals surface area contributed by atoms with Crippen molar-refractivity contribution in [2.75, 3.05) is 21.2 Å². The Morgan fingerprint density at radius 2 is 2.00 bits per heavy atom. The monoisotopic (exact) mass is 511 g/mol. The number of benzene rings is 2. The average Bonchev–Trinajstić information content (AvgIpc) is 3.14. The molecule has 2 aliphatic heterocycles. The molecule has 0 bridgehead atoms. The van der Waals surface area contributed by atoms with Gasteiger partial charge in [0.25, 0.3) is 5.91 Å². The SMILES string of the molecule is COc1ccc(Br)cc1/C=N/NC1=[N+](Cc2cccc(C)c2)C2C(=O)N(C)C(=O)N(C)C2=N1. The number of fused-ring (bicyclic) bond motifs is 1. The Balaban J connectivity index is 1.70. The minimum absolute atomic E-state index is 0.334. The first kappa shape index (κ1) is 22.7. The number of nitrogens with one attached hydrogen (secondary N) is 1. The van der Waals surface area contributed by atoms with E-state index in [1.54, 1.807) is 20.4 Å². The number of urea groups is 1. The van der Waals surface area contributed by atoms with E-state index in [1.165, 1.54) is 11.9 Å². The van der Waals surface area contributed by atoms with Crippen molar-refractivity contribution >= 4 is 45.9 Å². The molecule has 1 N–H and O–H groups in total. The van der Waals surface area contributed by atoms with Gasteiger partial charge >= 0.3 is 12.0 Å². The molecule has 0 radical (unpaired) electrons. The number of halogens is 1. The number of carbonyl (C=O) groups excluding carboxylic acids is 2. The third-order valence-electron chi connectivity index (χ3n) is 5.53. The summed E-state index contributed by atoms with van der Waals surface area (Å²) in [6, 6.07) is 12.5. The number of rotatable bonds is 5. The number of methoxy groups -OCH3 is 1. The first-order valence-electron chi connectivity index (χ1n) is 10.3. The molecule has 0 spiro atoms. The Labute approximate surface area is 200 Å². The standard InChI is InChI=1S/C23H23BrN6O3/c1-14-6-5-7-15(10-14)13-30-19-20(28(2)23(32)29(3)21(19)31)26-22(30)27-25-12-16-11-17(24)8-9-18(16)33-4/h5-12,19H,13H2,1-4H3/p+1/b25-12+. The molecule has 2 aromatic carbocycles. The van der Waals surface area contributed by atoms with Gasteiger partial charge in [0.2, 0.25) is 11.9 Å². The summed E-state index contributed by atoms with van der Waals surface area (Å²) in [6.07, 6.45) is 1.62. The molecule has 2 heterocycles. The highest BCUT2D eigenvalue weighted by molar-refractivity contribution is 9.10. The molecular formula is C23H24BrN6O3+. The first-order chi connectivity index (χ1) is 15.8. The third kappa shape index (κ3) is 4.38. The summed E-state index contributed by atoms with van der Waals surface area (Å²) in [4.78, 5) is 32.6. The predicted octanol–water partition coefficient (Wildman–Crippen LogP) is 2.56. The van der Waals surface area contributed by atoms with E-state index in [0.29, 0.717) is 24.1 Å². The summed E-state index contributed by atoms with van der Waals surface area (Å²) in [7, 11) is 4.68. The maximum Gasteiger partial charge on any atom is 0.414 e. The summed E-state index contributed by atoms with van der Waals surface area (Å²) in [6.45, 7) is 2.43. The van der Waals surface area contributed by atoms with Crippen LogP contribution in [0, 0.1) is 6.92 Å². The summed E-state index contributed by atoms with van der Waals surface area (Å²) in [5, 5.41) is 4.34. The molecule has 3 amide bonds. The van der Waals surface area contributed by atoms with Crippen LogP contribution in [-0.2, 0) is 11.3 Å². The largest absolute Gasteiger partial charge is 0.496 e. The number of nitrogens with zero attached hydrogens (tertiary/aromatic N) is 5. The van der Waals surface area contributed by atoms with Crippen LogP contribution >= 0.6 is 15.9 Å². The lowest BCUT2D eigenvalue weighted by Crippen LogP contribution is -2.61. The number of hydrazone groups is 1. The molecule has 170 valence electrons. The molecule has 10 heteroatoms. The number of imide groups is 1. The minimum atomic E-state index is -0.726. The van der Waals surface area contributed by atoms with Gasteiger partial charge in [0.1, 0.15) is 5.75 Å². The Kier molecular flexibility index (Phi) is 6.28. The molecule has 2 aliphatic rings. The number of hydrogen-bond acceptors (Lipinski definition) is 6. The van der Waals surface area contributed by atoms with Crippen molar-refractivity contribution in [3.8, 4) is 5.75 Å². The summed E-state index contributed by atoms with van der Waals surface area (Å²) < 4.78 is 8.09. The number of ether oxygens (including phenoxy) is 1. The third-order valence-corrected chi connectivity index (χ3v) is 6.02. The molecule has 9 nitrogen and oxygen atoms in total. The highest BCUT2D eigenvalue weighted by Crippen LogP contribution is 2.22. The maximum absolute atomic E-state index is 13.0. The normalized spacial score (nSPS) is 18.2. The van der Waals surface area contributed by atoms with Crippen LogP contribution in [-0.4, -0.2) is 71.6 Å². The van der Waals surface area contributed by atoms with Gasteiger partial charge in [-0.1, -0.05) is 50.8 Å². The lowest BCUT2D eigenvalue weighted by molar-refractivity contribution is -0.553. The van der Waals surface area contributed by atoms with Crippen molar-refractivity contribution in [1.29, 1.82) is 0 Å². The lowest BCUT2D eigenvalue weighted by atomic mass is 10.1. The summed E-state index contributed by atoms with van der Waals surface area (Å²) >= 11 is 3.45. The fourth-order valence-electron chi connectivity index (χ4n) is 3.83.